The fraction of sp³-hybridized carbons (Fsp3) is 0.250. The number of benzene rings is 2. The summed E-state index contributed by atoms with van der Waals surface area (Å²) >= 11 is 5.98. The number of halogens is 2. The molecule has 112 valence electrons. The number of hydrogen-bond acceptors (Lipinski definition) is 2. The predicted octanol–water partition coefficient (Wildman–Crippen LogP) is 5.07. The summed E-state index contributed by atoms with van der Waals surface area (Å²) in [5.41, 5.74) is 11.7. The van der Waals surface area contributed by atoms with Crippen LogP contribution in [0.3, 0.4) is 0 Å². The van der Waals surface area contributed by atoms with Gasteiger partial charge in [-0.05, 0) is 47.8 Å². The standard InChI is InChI=1S/C16H13ClFN3O/c1-9-4-11(17)2-3-14(9)15-7-12(18)5-10-6-13(8-20-21-19)22-16(10)15/h2-5,7,13H,6,8H2,1H3. The molecule has 1 unspecified atom stereocenters. The van der Waals surface area contributed by atoms with E-state index < -0.39 is 0 Å². The van der Waals surface area contributed by atoms with Crippen molar-refractivity contribution in [2.24, 2.45) is 5.11 Å². The first-order chi connectivity index (χ1) is 10.6. The third kappa shape index (κ3) is 2.73. The molecule has 4 nitrogen and oxygen atoms in total. The molecule has 0 radical (unpaired) electrons. The highest BCUT2D eigenvalue weighted by Crippen LogP contribution is 2.41. The Morgan fingerprint density at radius 3 is 2.91 bits per heavy atom. The van der Waals surface area contributed by atoms with Gasteiger partial charge in [-0.3, -0.25) is 0 Å². The number of azide groups is 1. The van der Waals surface area contributed by atoms with Crippen LogP contribution < -0.4 is 4.74 Å². The molecule has 0 spiro atoms. The van der Waals surface area contributed by atoms with Gasteiger partial charge in [0.15, 0.2) is 0 Å². The first-order valence-electron chi connectivity index (χ1n) is 6.85. The van der Waals surface area contributed by atoms with Crippen LogP contribution in [-0.2, 0) is 6.42 Å². The fourth-order valence-corrected chi connectivity index (χ4v) is 2.98. The van der Waals surface area contributed by atoms with Gasteiger partial charge in [-0.25, -0.2) is 4.39 Å². The van der Waals surface area contributed by atoms with Gasteiger partial charge in [-0.15, -0.1) is 0 Å². The Kier molecular flexibility index (Phi) is 3.92. The van der Waals surface area contributed by atoms with Crippen LogP contribution in [0.2, 0.25) is 5.02 Å². The molecule has 3 rings (SSSR count). The van der Waals surface area contributed by atoms with E-state index in [1.165, 1.54) is 12.1 Å². The van der Waals surface area contributed by atoms with Crippen LogP contribution in [-0.4, -0.2) is 12.6 Å². The summed E-state index contributed by atoms with van der Waals surface area (Å²) in [6.45, 7) is 2.15. The minimum Gasteiger partial charge on any atom is -0.489 e. The summed E-state index contributed by atoms with van der Waals surface area (Å²) in [6, 6.07) is 8.40. The second-order valence-corrected chi connectivity index (χ2v) is 5.69. The first kappa shape index (κ1) is 14.7. The predicted molar refractivity (Wildman–Crippen MR) is 83.7 cm³/mol. The molecule has 0 amide bonds. The Bertz CT molecular complexity index is 787. The fourth-order valence-electron chi connectivity index (χ4n) is 2.75. The third-order valence-electron chi connectivity index (χ3n) is 3.69. The Balaban J connectivity index is 2.06. The van der Waals surface area contributed by atoms with Crippen molar-refractivity contribution in [1.29, 1.82) is 0 Å². The van der Waals surface area contributed by atoms with Crippen LogP contribution in [0.15, 0.2) is 35.4 Å². The number of hydrogen-bond donors (Lipinski definition) is 0. The van der Waals surface area contributed by atoms with E-state index in [9.17, 15) is 4.39 Å². The quantitative estimate of drug-likeness (QED) is 0.443. The van der Waals surface area contributed by atoms with Gasteiger partial charge < -0.3 is 4.74 Å². The molecule has 2 aromatic carbocycles. The maximum absolute atomic E-state index is 13.9. The van der Waals surface area contributed by atoms with Crippen molar-refractivity contribution in [3.05, 3.63) is 62.7 Å². The zero-order valence-electron chi connectivity index (χ0n) is 11.9. The molecule has 6 heteroatoms. The lowest BCUT2D eigenvalue weighted by Crippen LogP contribution is -2.16. The van der Waals surface area contributed by atoms with Gasteiger partial charge in [0.05, 0.1) is 6.54 Å². The van der Waals surface area contributed by atoms with Gasteiger partial charge in [0.1, 0.15) is 17.7 Å². The minimum atomic E-state index is -0.309. The van der Waals surface area contributed by atoms with Gasteiger partial charge in [-0.1, -0.05) is 22.8 Å². The molecule has 0 aromatic heterocycles. The van der Waals surface area contributed by atoms with E-state index in [4.69, 9.17) is 21.9 Å². The molecule has 0 bridgehead atoms. The smallest absolute Gasteiger partial charge is 0.131 e. The molecule has 0 saturated heterocycles. The van der Waals surface area contributed by atoms with E-state index in [0.717, 1.165) is 16.7 Å². The molecule has 22 heavy (non-hydrogen) atoms. The van der Waals surface area contributed by atoms with Crippen LogP contribution >= 0.6 is 11.6 Å². The average Bonchev–Trinajstić information content (AvgIpc) is 2.87. The van der Waals surface area contributed by atoms with Crippen molar-refractivity contribution in [2.45, 2.75) is 19.4 Å². The Labute approximate surface area is 132 Å². The number of rotatable bonds is 3. The lowest BCUT2D eigenvalue weighted by Gasteiger charge is -2.13. The average molecular weight is 318 g/mol. The lowest BCUT2D eigenvalue weighted by atomic mass is 9.97. The summed E-state index contributed by atoms with van der Waals surface area (Å²) in [4.78, 5) is 2.74. The maximum Gasteiger partial charge on any atom is 0.131 e. The minimum absolute atomic E-state index is 0.228. The van der Waals surface area contributed by atoms with Crippen molar-refractivity contribution in [1.82, 2.24) is 0 Å². The molecule has 1 heterocycles. The van der Waals surface area contributed by atoms with E-state index >= 15 is 0 Å². The van der Waals surface area contributed by atoms with E-state index in [0.29, 0.717) is 22.8 Å². The summed E-state index contributed by atoms with van der Waals surface area (Å²) in [5.74, 6) is 0.348. The lowest BCUT2D eigenvalue weighted by molar-refractivity contribution is 0.242. The van der Waals surface area contributed by atoms with Crippen LogP contribution in [0.25, 0.3) is 21.6 Å². The Morgan fingerprint density at radius 2 is 2.18 bits per heavy atom. The molecular formula is C16H13ClFN3O. The second-order valence-electron chi connectivity index (χ2n) is 5.26. The Morgan fingerprint density at radius 1 is 1.36 bits per heavy atom. The SMILES string of the molecule is Cc1cc(Cl)ccc1-c1cc(F)cc2c1OC(CN=[N+]=[N-])C2. The topological polar surface area (TPSA) is 58.0 Å². The molecule has 0 N–H and O–H groups in total. The maximum atomic E-state index is 13.9. The van der Waals surface area contributed by atoms with E-state index in [1.54, 1.807) is 6.07 Å². The summed E-state index contributed by atoms with van der Waals surface area (Å²) < 4.78 is 19.8. The molecule has 2 aromatic rings. The number of aryl methyl sites for hydroxylation is 1. The van der Waals surface area contributed by atoms with Crippen LogP contribution in [0.4, 0.5) is 4.39 Å². The van der Waals surface area contributed by atoms with Crippen LogP contribution in [0.1, 0.15) is 11.1 Å². The second kappa shape index (κ2) is 5.87. The zero-order chi connectivity index (χ0) is 15.7. The van der Waals surface area contributed by atoms with Gasteiger partial charge in [0.2, 0.25) is 0 Å². The summed E-state index contributed by atoms with van der Waals surface area (Å²) in [7, 11) is 0. The number of ether oxygens (including phenoxy) is 1. The molecule has 0 aliphatic carbocycles. The number of nitrogens with zero attached hydrogens (tertiary/aromatic N) is 3. The zero-order valence-corrected chi connectivity index (χ0v) is 12.6. The van der Waals surface area contributed by atoms with Crippen molar-refractivity contribution < 1.29 is 9.13 Å². The van der Waals surface area contributed by atoms with Crippen LogP contribution in [0, 0.1) is 12.7 Å². The monoisotopic (exact) mass is 317 g/mol. The van der Waals surface area contributed by atoms with Gasteiger partial charge in [0, 0.05) is 27.5 Å². The molecule has 1 aliphatic rings. The van der Waals surface area contributed by atoms with Crippen molar-refractivity contribution in [2.75, 3.05) is 6.54 Å². The normalized spacial score (nSPS) is 15.9. The van der Waals surface area contributed by atoms with E-state index in [1.807, 2.05) is 19.1 Å². The highest BCUT2D eigenvalue weighted by molar-refractivity contribution is 6.30. The third-order valence-corrected chi connectivity index (χ3v) is 3.92. The molecule has 0 fully saturated rings. The summed E-state index contributed by atoms with van der Waals surface area (Å²) in [5, 5.41) is 4.17. The van der Waals surface area contributed by atoms with Gasteiger partial charge in [-0.2, -0.15) is 0 Å². The summed E-state index contributed by atoms with van der Waals surface area (Å²) in [6.07, 6.45) is 0.283. The van der Waals surface area contributed by atoms with Gasteiger partial charge >= 0.3 is 0 Å². The molecular weight excluding hydrogens is 305 g/mol. The van der Waals surface area contributed by atoms with E-state index in [-0.39, 0.29) is 18.5 Å². The van der Waals surface area contributed by atoms with Crippen molar-refractivity contribution in [3.63, 3.8) is 0 Å². The highest BCUT2D eigenvalue weighted by atomic mass is 35.5. The van der Waals surface area contributed by atoms with Gasteiger partial charge in [0.25, 0.3) is 0 Å². The van der Waals surface area contributed by atoms with E-state index in [2.05, 4.69) is 10.0 Å². The molecule has 1 atom stereocenters. The van der Waals surface area contributed by atoms with Crippen molar-refractivity contribution in [3.8, 4) is 16.9 Å². The molecule has 0 saturated carbocycles. The van der Waals surface area contributed by atoms with Crippen LogP contribution in [0.5, 0.6) is 5.75 Å². The highest BCUT2D eigenvalue weighted by Gasteiger charge is 2.27. The molecule has 1 aliphatic heterocycles. The Hall–Kier alpha value is -2.23. The number of fused-ring (bicyclic) bond motifs is 1. The largest absolute Gasteiger partial charge is 0.489 e. The van der Waals surface area contributed by atoms with Crippen molar-refractivity contribution >= 4 is 11.6 Å². The first-order valence-corrected chi connectivity index (χ1v) is 7.22.